The van der Waals surface area contributed by atoms with Crippen molar-refractivity contribution in [2.45, 2.75) is 19.0 Å². The van der Waals surface area contributed by atoms with Crippen molar-refractivity contribution in [1.29, 1.82) is 0 Å². The van der Waals surface area contributed by atoms with Gasteiger partial charge in [0.25, 0.3) is 0 Å². The molecule has 0 fully saturated rings. The zero-order chi connectivity index (χ0) is 16.0. The van der Waals surface area contributed by atoms with Crippen LogP contribution in [0, 0.1) is 5.92 Å². The molecule has 7 nitrogen and oxygen atoms in total. The van der Waals surface area contributed by atoms with Crippen molar-refractivity contribution in [2.24, 2.45) is 5.92 Å². The Balaban J connectivity index is 2.71. The maximum absolute atomic E-state index is 12.1. The molecule has 2 atom stereocenters. The second kappa shape index (κ2) is 7.24. The molecular weight excluding hydrogens is 299 g/mol. The summed E-state index contributed by atoms with van der Waals surface area (Å²) in [6.45, 7) is 0. The molecule has 0 bridgehead atoms. The van der Waals surface area contributed by atoms with Crippen molar-refractivity contribution in [3.05, 3.63) is 29.8 Å². The Hall–Kier alpha value is -1.85. The Bertz CT molecular complexity index is 552. The molecular formula is C13H17O7P. The third-order valence-electron chi connectivity index (χ3n) is 2.93. The zero-order valence-electron chi connectivity index (χ0n) is 11.2. The first-order chi connectivity index (χ1) is 9.69. The molecule has 0 aromatic heterocycles. The van der Waals surface area contributed by atoms with Crippen molar-refractivity contribution in [3.63, 3.8) is 0 Å². The molecule has 0 spiro atoms. The van der Waals surface area contributed by atoms with Crippen molar-refractivity contribution in [3.8, 4) is 5.75 Å². The predicted molar refractivity (Wildman–Crippen MR) is 74.5 cm³/mol. The molecule has 116 valence electrons. The Morgan fingerprint density at radius 2 is 1.71 bits per heavy atom. The minimum atomic E-state index is -3.75. The van der Waals surface area contributed by atoms with Crippen LogP contribution in [-0.2, 0) is 20.3 Å². The number of benzene rings is 1. The third-order valence-corrected chi connectivity index (χ3v) is 4.80. The van der Waals surface area contributed by atoms with E-state index in [4.69, 9.17) is 15.3 Å². The van der Waals surface area contributed by atoms with Gasteiger partial charge in [-0.1, -0.05) is 12.1 Å². The smallest absolute Gasteiger partial charge is 0.307 e. The number of aliphatic carboxylic acids is 2. The first kappa shape index (κ1) is 17.2. The summed E-state index contributed by atoms with van der Waals surface area (Å²) < 4.78 is 12.1. The van der Waals surface area contributed by atoms with Crippen LogP contribution in [0.2, 0.25) is 0 Å². The highest BCUT2D eigenvalue weighted by Crippen LogP contribution is 2.47. The van der Waals surface area contributed by atoms with Crippen LogP contribution in [0.1, 0.15) is 18.4 Å². The summed E-state index contributed by atoms with van der Waals surface area (Å²) in [5, 5.41) is 26.7. The van der Waals surface area contributed by atoms with Crippen LogP contribution in [0.5, 0.6) is 5.75 Å². The molecule has 0 aliphatic carbocycles. The van der Waals surface area contributed by atoms with Gasteiger partial charge in [-0.3, -0.25) is 14.2 Å². The number of phenolic OH excluding ortho intramolecular Hbond substituents is 1. The van der Waals surface area contributed by atoms with E-state index in [0.717, 1.165) is 0 Å². The highest BCUT2D eigenvalue weighted by molar-refractivity contribution is 7.57. The van der Waals surface area contributed by atoms with Gasteiger partial charge in [-0.25, -0.2) is 0 Å². The fourth-order valence-electron chi connectivity index (χ4n) is 1.89. The average Bonchev–Trinajstić information content (AvgIpc) is 2.36. The van der Waals surface area contributed by atoms with Gasteiger partial charge in [0.15, 0.2) is 0 Å². The summed E-state index contributed by atoms with van der Waals surface area (Å²) in [7, 11) is -3.75. The molecule has 0 heterocycles. The van der Waals surface area contributed by atoms with Gasteiger partial charge in [-0.15, -0.1) is 0 Å². The van der Waals surface area contributed by atoms with Crippen LogP contribution in [-0.4, -0.2) is 38.3 Å². The second-order valence-corrected chi connectivity index (χ2v) is 7.19. The maximum Gasteiger partial charge on any atom is 0.307 e. The Labute approximate surface area is 121 Å². The normalized spacial score (nSPS) is 15.1. The van der Waals surface area contributed by atoms with Gasteiger partial charge in [0, 0.05) is 18.7 Å². The van der Waals surface area contributed by atoms with E-state index < -0.39 is 31.4 Å². The molecule has 21 heavy (non-hydrogen) atoms. The standard InChI is InChI=1S/C13H17O7P/c14-11-4-1-9(2-5-11)7-21(19,20)8-10(13(17)18)3-6-12(15)16/h1-2,4-5,10,14H,3,6-8H2,(H,15,16)(H,17,18)(H,19,20). The maximum atomic E-state index is 12.1. The number of carboxylic acids is 2. The van der Waals surface area contributed by atoms with E-state index in [1.165, 1.54) is 24.3 Å². The van der Waals surface area contributed by atoms with Crippen molar-refractivity contribution in [1.82, 2.24) is 0 Å². The lowest BCUT2D eigenvalue weighted by molar-refractivity contribution is -0.142. The first-order valence-corrected chi connectivity index (χ1v) is 8.26. The topological polar surface area (TPSA) is 132 Å². The molecule has 1 aromatic rings. The lowest BCUT2D eigenvalue weighted by Crippen LogP contribution is -2.19. The SMILES string of the molecule is O=C(O)CCC(CP(=O)(O)Cc1ccc(O)cc1)C(=O)O. The lowest BCUT2D eigenvalue weighted by Gasteiger charge is -2.17. The van der Waals surface area contributed by atoms with E-state index in [0.29, 0.717) is 5.56 Å². The Morgan fingerprint density at radius 3 is 2.19 bits per heavy atom. The lowest BCUT2D eigenvalue weighted by atomic mass is 10.1. The summed E-state index contributed by atoms with van der Waals surface area (Å²) in [6, 6.07) is 5.69. The van der Waals surface area contributed by atoms with Gasteiger partial charge in [-0.05, 0) is 24.1 Å². The van der Waals surface area contributed by atoms with Crippen molar-refractivity contribution in [2.75, 3.05) is 6.16 Å². The van der Waals surface area contributed by atoms with Gasteiger partial charge in [0.05, 0.1) is 5.92 Å². The number of aromatic hydroxyl groups is 1. The summed E-state index contributed by atoms with van der Waals surface area (Å²) in [5.74, 6) is -3.57. The zero-order valence-corrected chi connectivity index (χ0v) is 12.1. The molecule has 8 heteroatoms. The minimum absolute atomic E-state index is 0.0244. The third kappa shape index (κ3) is 6.42. The minimum Gasteiger partial charge on any atom is -0.508 e. The number of carboxylic acid groups (broad SMARTS) is 2. The molecule has 4 N–H and O–H groups in total. The van der Waals surface area contributed by atoms with Crippen molar-refractivity contribution >= 4 is 19.3 Å². The number of carbonyl (C=O) groups is 2. The highest BCUT2D eigenvalue weighted by Gasteiger charge is 2.29. The molecule has 2 unspecified atom stereocenters. The molecule has 0 aliphatic heterocycles. The predicted octanol–water partition coefficient (Wildman–Crippen LogP) is 1.73. The molecule has 1 aromatic carbocycles. The number of hydrogen-bond donors (Lipinski definition) is 4. The van der Waals surface area contributed by atoms with Crippen molar-refractivity contribution < 1.29 is 34.4 Å². The number of hydrogen-bond acceptors (Lipinski definition) is 4. The Morgan fingerprint density at radius 1 is 1.14 bits per heavy atom. The van der Waals surface area contributed by atoms with E-state index in [-0.39, 0.29) is 24.8 Å². The second-order valence-electron chi connectivity index (χ2n) is 4.82. The number of rotatable bonds is 8. The van der Waals surface area contributed by atoms with E-state index in [1.54, 1.807) is 0 Å². The quantitative estimate of drug-likeness (QED) is 0.537. The molecule has 0 radical (unpaired) electrons. The summed E-state index contributed by atoms with van der Waals surface area (Å²) in [6.07, 6.45) is -1.25. The van der Waals surface area contributed by atoms with Crippen LogP contribution < -0.4 is 0 Å². The van der Waals surface area contributed by atoms with E-state index in [9.17, 15) is 19.0 Å². The van der Waals surface area contributed by atoms with E-state index in [1.807, 2.05) is 0 Å². The van der Waals surface area contributed by atoms with Gasteiger partial charge >= 0.3 is 11.9 Å². The fourth-order valence-corrected chi connectivity index (χ4v) is 3.82. The summed E-state index contributed by atoms with van der Waals surface area (Å²) >= 11 is 0. The Kier molecular flexibility index (Phi) is 5.93. The van der Waals surface area contributed by atoms with Gasteiger partial charge < -0.3 is 20.2 Å². The van der Waals surface area contributed by atoms with Gasteiger partial charge in [0.1, 0.15) is 5.75 Å². The molecule has 0 saturated carbocycles. The largest absolute Gasteiger partial charge is 0.508 e. The molecule has 0 aliphatic rings. The molecule has 0 amide bonds. The fraction of sp³-hybridized carbons (Fsp3) is 0.385. The van der Waals surface area contributed by atoms with Gasteiger partial charge in [0.2, 0.25) is 7.37 Å². The first-order valence-electron chi connectivity index (χ1n) is 6.23. The summed E-state index contributed by atoms with van der Waals surface area (Å²) in [5.41, 5.74) is 0.501. The van der Waals surface area contributed by atoms with Crippen LogP contribution in [0.25, 0.3) is 0 Å². The van der Waals surface area contributed by atoms with Crippen LogP contribution >= 0.6 is 7.37 Å². The van der Waals surface area contributed by atoms with E-state index >= 15 is 0 Å². The van der Waals surface area contributed by atoms with E-state index in [2.05, 4.69) is 0 Å². The molecule has 1 rings (SSSR count). The monoisotopic (exact) mass is 316 g/mol. The average molecular weight is 316 g/mol. The number of phenols is 1. The summed E-state index contributed by atoms with van der Waals surface area (Å²) in [4.78, 5) is 31.4. The van der Waals surface area contributed by atoms with Gasteiger partial charge in [-0.2, -0.15) is 0 Å². The molecule has 0 saturated heterocycles. The highest BCUT2D eigenvalue weighted by atomic mass is 31.2. The van der Waals surface area contributed by atoms with Crippen LogP contribution in [0.3, 0.4) is 0 Å². The van der Waals surface area contributed by atoms with Crippen LogP contribution in [0.4, 0.5) is 0 Å². The van der Waals surface area contributed by atoms with Crippen LogP contribution in [0.15, 0.2) is 24.3 Å².